The summed E-state index contributed by atoms with van der Waals surface area (Å²) in [6.45, 7) is 7.24. The van der Waals surface area contributed by atoms with E-state index in [9.17, 15) is 18.0 Å². The summed E-state index contributed by atoms with van der Waals surface area (Å²) < 4.78 is 34.1. The molecule has 0 saturated carbocycles. The molecule has 9 heteroatoms. The Labute approximate surface area is 238 Å². The molecule has 3 rings (SSSR count). The van der Waals surface area contributed by atoms with Crippen LogP contribution in [0.2, 0.25) is 0 Å². The molecule has 3 aromatic carbocycles. The first-order valence-corrected chi connectivity index (χ1v) is 14.8. The van der Waals surface area contributed by atoms with Crippen LogP contribution in [0, 0.1) is 0 Å². The van der Waals surface area contributed by atoms with Crippen LogP contribution in [-0.4, -0.2) is 56.9 Å². The molecular formula is C31H39N3O5S. The second-order valence-electron chi connectivity index (χ2n) is 10.5. The van der Waals surface area contributed by atoms with E-state index in [1.807, 2.05) is 58.0 Å². The van der Waals surface area contributed by atoms with Crippen LogP contribution in [0.3, 0.4) is 0 Å². The SMILES string of the molecule is CC[C@@H](C(=O)NC(C)(C)C)N(CCc1ccccc1)C(=O)CN(c1cccc(OC)c1)S(=O)(=O)c1ccccc1. The Balaban J connectivity index is 2.03. The summed E-state index contributed by atoms with van der Waals surface area (Å²) in [5.74, 6) is -0.306. The van der Waals surface area contributed by atoms with Gasteiger partial charge in [0.1, 0.15) is 18.3 Å². The monoisotopic (exact) mass is 565 g/mol. The van der Waals surface area contributed by atoms with E-state index >= 15 is 0 Å². The molecule has 0 spiro atoms. The van der Waals surface area contributed by atoms with E-state index in [0.717, 1.165) is 9.87 Å². The Morgan fingerprint density at radius 2 is 1.55 bits per heavy atom. The number of hydrogen-bond acceptors (Lipinski definition) is 5. The van der Waals surface area contributed by atoms with Gasteiger partial charge in [-0.05, 0) is 63.4 Å². The standard InChI is InChI=1S/C31H39N3O5S/c1-6-28(30(36)32-31(2,3)4)33(21-20-24-14-9-7-10-15-24)29(35)23-34(25-16-13-17-26(22-25)39-5)40(37,38)27-18-11-8-12-19-27/h7-19,22,28H,6,20-21,23H2,1-5H3,(H,32,36)/t28-/m0/s1. The fraction of sp³-hybridized carbons (Fsp3) is 0.355. The van der Waals surface area contributed by atoms with Crippen LogP contribution < -0.4 is 14.4 Å². The molecule has 0 heterocycles. The maximum absolute atomic E-state index is 14.1. The van der Waals surface area contributed by atoms with Crippen molar-refractivity contribution in [1.29, 1.82) is 0 Å². The molecule has 1 N–H and O–H groups in total. The van der Waals surface area contributed by atoms with Crippen LogP contribution >= 0.6 is 0 Å². The number of ether oxygens (including phenoxy) is 1. The maximum Gasteiger partial charge on any atom is 0.264 e. The van der Waals surface area contributed by atoms with Crippen LogP contribution in [0.5, 0.6) is 5.75 Å². The summed E-state index contributed by atoms with van der Waals surface area (Å²) in [5, 5.41) is 2.98. The van der Waals surface area contributed by atoms with Crippen molar-refractivity contribution < 1.29 is 22.7 Å². The minimum absolute atomic E-state index is 0.0546. The molecule has 0 aromatic heterocycles. The number of carbonyl (C=O) groups excluding carboxylic acids is 2. The highest BCUT2D eigenvalue weighted by molar-refractivity contribution is 7.92. The molecular weight excluding hydrogens is 526 g/mol. The predicted octanol–water partition coefficient (Wildman–Crippen LogP) is 4.66. The third kappa shape index (κ3) is 8.08. The summed E-state index contributed by atoms with van der Waals surface area (Å²) in [6, 6.07) is 23.4. The number of amides is 2. The fourth-order valence-corrected chi connectivity index (χ4v) is 5.79. The molecule has 3 aromatic rings. The Hall–Kier alpha value is -3.85. The number of rotatable bonds is 12. The number of sulfonamides is 1. The lowest BCUT2D eigenvalue weighted by Gasteiger charge is -2.34. The van der Waals surface area contributed by atoms with Gasteiger partial charge in [-0.2, -0.15) is 0 Å². The van der Waals surface area contributed by atoms with Crippen molar-refractivity contribution in [2.45, 2.75) is 57.0 Å². The summed E-state index contributed by atoms with van der Waals surface area (Å²) >= 11 is 0. The average molecular weight is 566 g/mol. The van der Waals surface area contributed by atoms with Crippen molar-refractivity contribution in [2.75, 3.05) is 24.5 Å². The van der Waals surface area contributed by atoms with Gasteiger partial charge in [0.05, 0.1) is 17.7 Å². The smallest absolute Gasteiger partial charge is 0.264 e. The molecule has 0 bridgehead atoms. The number of methoxy groups -OCH3 is 1. The highest BCUT2D eigenvalue weighted by Gasteiger charge is 2.34. The van der Waals surface area contributed by atoms with Crippen LogP contribution in [0.25, 0.3) is 0 Å². The van der Waals surface area contributed by atoms with E-state index in [0.29, 0.717) is 18.6 Å². The van der Waals surface area contributed by atoms with Gasteiger partial charge in [0.25, 0.3) is 10.0 Å². The van der Waals surface area contributed by atoms with Crippen molar-refractivity contribution in [3.05, 3.63) is 90.5 Å². The van der Waals surface area contributed by atoms with Gasteiger partial charge in [0.2, 0.25) is 11.8 Å². The van der Waals surface area contributed by atoms with Crippen LogP contribution in [0.15, 0.2) is 89.8 Å². The van der Waals surface area contributed by atoms with Gasteiger partial charge in [-0.3, -0.25) is 13.9 Å². The minimum Gasteiger partial charge on any atom is -0.497 e. The van der Waals surface area contributed by atoms with Gasteiger partial charge in [0, 0.05) is 18.2 Å². The summed E-state index contributed by atoms with van der Waals surface area (Å²) in [5.41, 5.74) is 0.793. The predicted molar refractivity (Wildman–Crippen MR) is 158 cm³/mol. The molecule has 0 aliphatic carbocycles. The van der Waals surface area contributed by atoms with Crippen LogP contribution in [0.1, 0.15) is 39.7 Å². The Bertz CT molecular complexity index is 1370. The lowest BCUT2D eigenvalue weighted by Crippen LogP contribution is -2.56. The number of nitrogens with one attached hydrogen (secondary N) is 1. The third-order valence-electron chi connectivity index (χ3n) is 6.32. The first-order valence-electron chi connectivity index (χ1n) is 13.3. The molecule has 2 amide bonds. The molecule has 40 heavy (non-hydrogen) atoms. The van der Waals surface area contributed by atoms with E-state index < -0.39 is 34.1 Å². The molecule has 0 saturated heterocycles. The number of anilines is 1. The van der Waals surface area contributed by atoms with Crippen LogP contribution in [-0.2, 0) is 26.0 Å². The van der Waals surface area contributed by atoms with E-state index in [4.69, 9.17) is 4.74 Å². The molecule has 8 nitrogen and oxygen atoms in total. The quantitative estimate of drug-likeness (QED) is 0.345. The lowest BCUT2D eigenvalue weighted by molar-refractivity contribution is -0.140. The summed E-state index contributed by atoms with van der Waals surface area (Å²) in [7, 11) is -2.64. The van der Waals surface area contributed by atoms with Crippen molar-refractivity contribution in [3.63, 3.8) is 0 Å². The van der Waals surface area contributed by atoms with Gasteiger partial charge in [0.15, 0.2) is 0 Å². The highest BCUT2D eigenvalue weighted by Crippen LogP contribution is 2.27. The zero-order valence-electron chi connectivity index (χ0n) is 23.8. The minimum atomic E-state index is -4.13. The Kier molecular flexibility index (Phi) is 10.3. The molecule has 0 aliphatic rings. The Morgan fingerprint density at radius 1 is 0.925 bits per heavy atom. The van der Waals surface area contributed by atoms with Crippen LogP contribution in [0.4, 0.5) is 5.69 Å². The number of carbonyl (C=O) groups is 2. The normalized spacial score (nSPS) is 12.3. The third-order valence-corrected chi connectivity index (χ3v) is 8.11. The van der Waals surface area contributed by atoms with Crippen molar-refractivity contribution in [1.82, 2.24) is 10.2 Å². The lowest BCUT2D eigenvalue weighted by atomic mass is 10.1. The number of benzene rings is 3. The first kappa shape index (κ1) is 30.7. The van der Waals surface area contributed by atoms with Gasteiger partial charge in [-0.1, -0.05) is 61.5 Å². The summed E-state index contributed by atoms with van der Waals surface area (Å²) in [4.78, 5) is 29.0. The second-order valence-corrected chi connectivity index (χ2v) is 12.4. The number of hydrogen-bond donors (Lipinski definition) is 1. The van der Waals surface area contributed by atoms with E-state index in [-0.39, 0.29) is 23.0 Å². The highest BCUT2D eigenvalue weighted by atomic mass is 32.2. The molecule has 0 fully saturated rings. The number of nitrogens with zero attached hydrogens (tertiary/aromatic N) is 2. The topological polar surface area (TPSA) is 96.0 Å². The molecule has 1 atom stereocenters. The largest absolute Gasteiger partial charge is 0.497 e. The zero-order chi connectivity index (χ0) is 29.3. The van der Waals surface area contributed by atoms with Gasteiger partial charge in [-0.25, -0.2) is 8.42 Å². The van der Waals surface area contributed by atoms with Crippen molar-refractivity contribution in [2.24, 2.45) is 0 Å². The average Bonchev–Trinajstić information content (AvgIpc) is 2.93. The second kappa shape index (κ2) is 13.5. The Morgan fingerprint density at radius 3 is 2.12 bits per heavy atom. The van der Waals surface area contributed by atoms with E-state index in [1.54, 1.807) is 42.5 Å². The van der Waals surface area contributed by atoms with Gasteiger partial charge < -0.3 is 15.0 Å². The first-order chi connectivity index (χ1) is 19.0. The van der Waals surface area contributed by atoms with E-state index in [2.05, 4.69) is 5.32 Å². The van der Waals surface area contributed by atoms with Crippen molar-refractivity contribution in [3.8, 4) is 5.75 Å². The maximum atomic E-state index is 14.1. The molecule has 0 unspecified atom stereocenters. The molecule has 214 valence electrons. The van der Waals surface area contributed by atoms with Crippen molar-refractivity contribution >= 4 is 27.5 Å². The fourth-order valence-electron chi connectivity index (χ4n) is 4.36. The van der Waals surface area contributed by atoms with Gasteiger partial charge >= 0.3 is 0 Å². The molecule has 0 aliphatic heterocycles. The van der Waals surface area contributed by atoms with Gasteiger partial charge in [-0.15, -0.1) is 0 Å². The zero-order valence-corrected chi connectivity index (χ0v) is 24.6. The summed E-state index contributed by atoms with van der Waals surface area (Å²) in [6.07, 6.45) is 0.878. The van der Waals surface area contributed by atoms with E-state index in [1.165, 1.54) is 24.1 Å². The molecule has 0 radical (unpaired) electrons.